The van der Waals surface area contributed by atoms with Gasteiger partial charge in [0.15, 0.2) is 0 Å². The minimum atomic E-state index is 0.227. The molecule has 0 fully saturated rings. The molecule has 0 aliphatic rings. The maximum Gasteiger partial charge on any atom is 0.00739 e. The van der Waals surface area contributed by atoms with E-state index < -0.39 is 0 Å². The van der Waals surface area contributed by atoms with Crippen LogP contribution in [-0.2, 0) is 0 Å². The highest BCUT2D eigenvalue weighted by Crippen LogP contribution is 2.19. The summed E-state index contributed by atoms with van der Waals surface area (Å²) in [6.45, 7) is 10.8. The van der Waals surface area contributed by atoms with E-state index >= 15 is 0 Å². The van der Waals surface area contributed by atoms with Crippen LogP contribution in [0.2, 0.25) is 0 Å². The normalized spacial score (nSPS) is 15.5. The maximum absolute atomic E-state index is 5.85. The van der Waals surface area contributed by atoms with E-state index in [9.17, 15) is 0 Å². The third-order valence-electron chi connectivity index (χ3n) is 2.45. The Bertz CT molecular complexity index is 108. The second-order valence-corrected chi connectivity index (χ2v) is 4.11. The summed E-state index contributed by atoms with van der Waals surface area (Å²) in [5.74, 6) is 0. The fraction of sp³-hybridized carbons (Fsp3) is 1.00. The molecule has 0 radical (unpaired) electrons. The van der Waals surface area contributed by atoms with Gasteiger partial charge in [0.2, 0.25) is 0 Å². The Morgan fingerprint density at radius 1 is 1.45 bits per heavy atom. The highest BCUT2D eigenvalue weighted by atomic mass is 15.1. The molecule has 0 heterocycles. The number of hydrogen-bond donors (Lipinski definition) is 1. The fourth-order valence-electron chi connectivity index (χ4n) is 0.951. The summed E-state index contributed by atoms with van der Waals surface area (Å²) < 4.78 is 0. The lowest BCUT2D eigenvalue weighted by Crippen LogP contribution is -2.42. The minimum Gasteiger partial charge on any atom is -0.327 e. The number of hydrogen-bond acceptors (Lipinski definition) is 2. The first-order chi connectivity index (χ1) is 4.90. The molecule has 0 aliphatic carbocycles. The van der Waals surface area contributed by atoms with E-state index in [4.69, 9.17) is 5.73 Å². The highest BCUT2D eigenvalue weighted by molar-refractivity contribution is 4.80. The van der Waals surface area contributed by atoms with Crippen molar-refractivity contribution in [1.29, 1.82) is 0 Å². The van der Waals surface area contributed by atoms with E-state index in [0.717, 1.165) is 13.1 Å². The Kier molecular flexibility index (Phi) is 4.04. The first-order valence-electron chi connectivity index (χ1n) is 4.34. The molecular formula is C9H22N2. The van der Waals surface area contributed by atoms with Crippen LogP contribution in [0.4, 0.5) is 0 Å². The zero-order chi connectivity index (χ0) is 9.07. The van der Waals surface area contributed by atoms with Crippen LogP contribution in [0.3, 0.4) is 0 Å². The summed E-state index contributed by atoms with van der Waals surface area (Å²) in [4.78, 5) is 2.30. The van der Waals surface area contributed by atoms with Crippen molar-refractivity contribution in [2.45, 2.75) is 33.7 Å². The molecule has 0 spiro atoms. The second-order valence-electron chi connectivity index (χ2n) is 4.11. The summed E-state index contributed by atoms with van der Waals surface area (Å²) >= 11 is 0. The molecule has 0 saturated carbocycles. The zero-order valence-corrected chi connectivity index (χ0v) is 8.52. The van der Waals surface area contributed by atoms with Crippen LogP contribution in [0, 0.1) is 5.41 Å². The Morgan fingerprint density at radius 2 is 1.91 bits per heavy atom. The van der Waals surface area contributed by atoms with Crippen LogP contribution in [0.25, 0.3) is 0 Å². The molecule has 0 rings (SSSR count). The van der Waals surface area contributed by atoms with E-state index in [1.807, 2.05) is 0 Å². The number of nitrogens with zero attached hydrogens (tertiary/aromatic N) is 1. The van der Waals surface area contributed by atoms with Crippen molar-refractivity contribution in [3.8, 4) is 0 Å². The van der Waals surface area contributed by atoms with Crippen molar-refractivity contribution in [2.24, 2.45) is 11.1 Å². The average molecular weight is 158 g/mol. The van der Waals surface area contributed by atoms with E-state index in [1.54, 1.807) is 0 Å². The number of rotatable bonds is 4. The van der Waals surface area contributed by atoms with Gasteiger partial charge in [-0.2, -0.15) is 0 Å². The molecule has 68 valence electrons. The monoisotopic (exact) mass is 158 g/mol. The van der Waals surface area contributed by atoms with Crippen molar-refractivity contribution in [1.82, 2.24) is 4.90 Å². The summed E-state index contributed by atoms with van der Waals surface area (Å²) in [5.41, 5.74) is 6.07. The van der Waals surface area contributed by atoms with Crippen LogP contribution >= 0.6 is 0 Å². The van der Waals surface area contributed by atoms with Crippen molar-refractivity contribution in [3.63, 3.8) is 0 Å². The van der Waals surface area contributed by atoms with Crippen LogP contribution in [0.5, 0.6) is 0 Å². The van der Waals surface area contributed by atoms with Crippen LogP contribution < -0.4 is 5.73 Å². The van der Waals surface area contributed by atoms with Crippen LogP contribution in [0.1, 0.15) is 27.7 Å². The number of nitrogens with two attached hydrogens (primary N) is 1. The summed E-state index contributed by atoms with van der Waals surface area (Å²) in [6.07, 6.45) is 0. The standard InChI is InChI=1S/C9H22N2/c1-6-11(5)7-9(3,4)8(2)10/h8H,6-7,10H2,1-5H3. The van der Waals surface area contributed by atoms with Gasteiger partial charge in [0, 0.05) is 12.6 Å². The van der Waals surface area contributed by atoms with Gasteiger partial charge in [-0.3, -0.25) is 0 Å². The lowest BCUT2D eigenvalue weighted by Gasteiger charge is -2.33. The average Bonchev–Trinajstić information content (AvgIpc) is 1.86. The molecule has 0 aromatic rings. The molecule has 0 aliphatic heterocycles. The molecule has 1 atom stereocenters. The van der Waals surface area contributed by atoms with E-state index in [2.05, 4.69) is 39.6 Å². The van der Waals surface area contributed by atoms with Gasteiger partial charge in [-0.05, 0) is 25.9 Å². The molecule has 0 aromatic carbocycles. The second kappa shape index (κ2) is 4.07. The van der Waals surface area contributed by atoms with Gasteiger partial charge >= 0.3 is 0 Å². The van der Waals surface area contributed by atoms with Gasteiger partial charge < -0.3 is 10.6 Å². The van der Waals surface area contributed by atoms with Crippen LogP contribution in [-0.4, -0.2) is 31.1 Å². The van der Waals surface area contributed by atoms with Gasteiger partial charge in [0.1, 0.15) is 0 Å². The first-order valence-corrected chi connectivity index (χ1v) is 4.34. The van der Waals surface area contributed by atoms with Crippen molar-refractivity contribution < 1.29 is 0 Å². The molecule has 1 unspecified atom stereocenters. The topological polar surface area (TPSA) is 29.3 Å². The zero-order valence-electron chi connectivity index (χ0n) is 8.52. The van der Waals surface area contributed by atoms with E-state index in [0.29, 0.717) is 0 Å². The van der Waals surface area contributed by atoms with E-state index in [-0.39, 0.29) is 11.5 Å². The van der Waals surface area contributed by atoms with E-state index in [1.165, 1.54) is 0 Å². The molecule has 0 bridgehead atoms. The summed E-state index contributed by atoms with van der Waals surface area (Å²) in [5, 5.41) is 0. The fourth-order valence-corrected chi connectivity index (χ4v) is 0.951. The van der Waals surface area contributed by atoms with Crippen molar-refractivity contribution in [3.05, 3.63) is 0 Å². The SMILES string of the molecule is CCN(C)CC(C)(C)C(C)N. The third-order valence-corrected chi connectivity index (χ3v) is 2.45. The maximum atomic E-state index is 5.85. The lowest BCUT2D eigenvalue weighted by molar-refractivity contribution is 0.189. The van der Waals surface area contributed by atoms with Crippen molar-refractivity contribution >= 4 is 0 Å². The smallest absolute Gasteiger partial charge is 0.00739 e. The summed E-state index contributed by atoms with van der Waals surface area (Å²) in [6, 6.07) is 0.261. The Morgan fingerprint density at radius 3 is 2.18 bits per heavy atom. The molecule has 2 nitrogen and oxygen atoms in total. The molecule has 0 aromatic heterocycles. The molecule has 0 saturated heterocycles. The van der Waals surface area contributed by atoms with Gasteiger partial charge in [0.25, 0.3) is 0 Å². The predicted octanol–water partition coefficient (Wildman–Crippen LogP) is 1.31. The molecule has 11 heavy (non-hydrogen) atoms. The third kappa shape index (κ3) is 3.73. The van der Waals surface area contributed by atoms with Gasteiger partial charge in [-0.25, -0.2) is 0 Å². The Labute approximate surface area is 70.8 Å². The Hall–Kier alpha value is -0.0800. The predicted molar refractivity (Wildman–Crippen MR) is 50.6 cm³/mol. The van der Waals surface area contributed by atoms with Crippen LogP contribution in [0.15, 0.2) is 0 Å². The quantitative estimate of drug-likeness (QED) is 0.668. The van der Waals surface area contributed by atoms with Gasteiger partial charge in [-0.1, -0.05) is 20.8 Å². The van der Waals surface area contributed by atoms with Crippen molar-refractivity contribution in [2.75, 3.05) is 20.1 Å². The molecular weight excluding hydrogens is 136 g/mol. The van der Waals surface area contributed by atoms with Gasteiger partial charge in [-0.15, -0.1) is 0 Å². The Balaban J connectivity index is 3.90. The van der Waals surface area contributed by atoms with Gasteiger partial charge in [0.05, 0.1) is 0 Å². The lowest BCUT2D eigenvalue weighted by atomic mass is 9.85. The molecule has 0 amide bonds. The molecule has 2 heteroatoms. The molecule has 2 N–H and O–H groups in total. The minimum absolute atomic E-state index is 0.227. The largest absolute Gasteiger partial charge is 0.327 e. The summed E-state index contributed by atoms with van der Waals surface area (Å²) in [7, 11) is 2.13. The first kappa shape index (κ1) is 10.9. The highest BCUT2D eigenvalue weighted by Gasteiger charge is 2.23.